The lowest BCUT2D eigenvalue weighted by Crippen LogP contribution is -1.96. The quantitative estimate of drug-likeness (QED) is 0.133. The summed E-state index contributed by atoms with van der Waals surface area (Å²) in [6, 6.07) is 40.5. The minimum atomic E-state index is 0.934. The Balaban J connectivity index is 1.10. The summed E-state index contributed by atoms with van der Waals surface area (Å²) < 4.78 is 0. The molecule has 6 heteroatoms. The number of rotatable bonds is 6. The second kappa shape index (κ2) is 10.3. The second-order valence-corrected chi connectivity index (χ2v) is 9.45. The Bertz CT molecular complexity index is 1800. The average molecular weight is 517 g/mol. The van der Waals surface area contributed by atoms with Gasteiger partial charge in [-0.3, -0.25) is 10.9 Å². The lowest BCUT2D eigenvalue weighted by Gasteiger charge is -2.10. The number of para-hydroxylation sites is 4. The van der Waals surface area contributed by atoms with Crippen molar-refractivity contribution in [3.8, 4) is 0 Å². The Labute approximate surface area is 230 Å². The highest BCUT2D eigenvalue weighted by Gasteiger charge is 2.09. The monoisotopic (exact) mass is 516 g/mol. The lowest BCUT2D eigenvalue weighted by atomic mass is 10.1. The first-order valence-corrected chi connectivity index (χ1v) is 13.1. The van der Waals surface area contributed by atoms with Gasteiger partial charge in [-0.25, -0.2) is 9.97 Å². The summed E-state index contributed by atoms with van der Waals surface area (Å²) in [6.07, 6.45) is 3.64. The molecule has 2 N–H and O–H groups in total. The topological polar surface area (TPSA) is 74.6 Å². The second-order valence-electron chi connectivity index (χ2n) is 9.45. The molecule has 0 fully saturated rings. The largest absolute Gasteiger partial charge is 0.277 e. The van der Waals surface area contributed by atoms with E-state index < -0.39 is 0 Å². The molecule has 0 aliphatic rings. The average Bonchev–Trinajstić information content (AvgIpc) is 3.01. The molecule has 7 rings (SSSR count). The minimum absolute atomic E-state index is 0.934. The highest BCUT2D eigenvalue weighted by atomic mass is 15.3. The zero-order valence-corrected chi connectivity index (χ0v) is 21.5. The summed E-state index contributed by atoms with van der Waals surface area (Å²) >= 11 is 0. The van der Waals surface area contributed by atoms with Crippen molar-refractivity contribution in [2.75, 3.05) is 10.9 Å². The summed E-state index contributed by atoms with van der Waals surface area (Å²) in [5.74, 6) is 0. The molecule has 6 nitrogen and oxygen atoms in total. The molecule has 0 saturated heterocycles. The zero-order valence-electron chi connectivity index (χ0n) is 21.5. The Kier molecular flexibility index (Phi) is 6.03. The zero-order chi connectivity index (χ0) is 26.7. The summed E-state index contributed by atoms with van der Waals surface area (Å²) in [7, 11) is 0. The van der Waals surface area contributed by atoms with Crippen molar-refractivity contribution >= 4 is 67.4 Å². The van der Waals surface area contributed by atoms with Gasteiger partial charge in [0.25, 0.3) is 0 Å². The third kappa shape index (κ3) is 4.48. The Morgan fingerprint density at radius 2 is 0.700 bits per heavy atom. The van der Waals surface area contributed by atoms with E-state index in [-0.39, 0.29) is 0 Å². The van der Waals surface area contributed by atoms with Crippen molar-refractivity contribution in [3.05, 3.63) is 132 Å². The minimum Gasteiger partial charge on any atom is -0.277 e. The number of hydrogen-bond acceptors (Lipinski definition) is 6. The molecule has 190 valence electrons. The van der Waals surface area contributed by atoms with Gasteiger partial charge in [0.1, 0.15) is 0 Å². The van der Waals surface area contributed by atoms with E-state index in [0.29, 0.717) is 0 Å². The van der Waals surface area contributed by atoms with Crippen molar-refractivity contribution in [2.45, 2.75) is 0 Å². The van der Waals surface area contributed by atoms with Crippen molar-refractivity contribution in [3.63, 3.8) is 0 Å². The van der Waals surface area contributed by atoms with E-state index in [1.807, 2.05) is 109 Å². The van der Waals surface area contributed by atoms with Gasteiger partial charge >= 0.3 is 0 Å². The Hall–Kier alpha value is -5.62. The molecule has 0 amide bonds. The van der Waals surface area contributed by atoms with E-state index in [1.54, 1.807) is 0 Å². The maximum Gasteiger partial charge on any atom is 0.0749 e. The molecule has 0 spiro atoms. The van der Waals surface area contributed by atoms with Gasteiger partial charge in [0, 0.05) is 21.5 Å². The standard InChI is InChI=1S/C34H24N6/c1-5-13-29-25(9-1)33(26-10-2-6-14-30(26)37-29)39-35-21-23-17-19-24(20-18-23)22-36-40-34-27-11-3-7-15-31(27)38-32-16-8-4-12-28(32)34/h1-22H,(H,37,39)(H,38,40)/b35-21+,36-22+. The number of nitrogens with one attached hydrogen (secondary N) is 2. The van der Waals surface area contributed by atoms with E-state index in [9.17, 15) is 0 Å². The molecule has 2 aromatic heterocycles. The molecule has 2 heterocycles. The summed E-state index contributed by atoms with van der Waals surface area (Å²) in [6.45, 7) is 0. The van der Waals surface area contributed by atoms with Crippen LogP contribution in [0.5, 0.6) is 0 Å². The number of hydrazone groups is 2. The molecule has 0 aliphatic carbocycles. The van der Waals surface area contributed by atoms with Gasteiger partial charge in [-0.2, -0.15) is 10.2 Å². The molecule has 0 saturated carbocycles. The number of pyridine rings is 2. The fourth-order valence-corrected chi connectivity index (χ4v) is 4.93. The number of fused-ring (bicyclic) bond motifs is 4. The van der Waals surface area contributed by atoms with E-state index in [1.165, 1.54) is 0 Å². The van der Waals surface area contributed by atoms with Crippen molar-refractivity contribution in [2.24, 2.45) is 10.2 Å². The maximum atomic E-state index is 4.78. The van der Waals surface area contributed by atoms with Gasteiger partial charge < -0.3 is 0 Å². The summed E-state index contributed by atoms with van der Waals surface area (Å²) in [4.78, 5) is 9.55. The van der Waals surface area contributed by atoms with Gasteiger partial charge in [0.15, 0.2) is 0 Å². The highest BCUT2D eigenvalue weighted by Crippen LogP contribution is 2.31. The SMILES string of the molecule is C(=N\Nc1c2ccccc2nc2ccccc12)/c1ccc(/C=N/Nc2c3ccccc3nc3ccccc23)cc1. The smallest absolute Gasteiger partial charge is 0.0749 e. The molecule has 7 aromatic rings. The van der Waals surface area contributed by atoms with Gasteiger partial charge in [-0.15, -0.1) is 0 Å². The molecule has 40 heavy (non-hydrogen) atoms. The van der Waals surface area contributed by atoms with Crippen LogP contribution in [0.25, 0.3) is 43.6 Å². The number of aromatic nitrogens is 2. The first-order valence-electron chi connectivity index (χ1n) is 13.1. The number of anilines is 2. The van der Waals surface area contributed by atoms with Crippen LogP contribution in [0.15, 0.2) is 132 Å². The van der Waals surface area contributed by atoms with E-state index in [4.69, 9.17) is 9.97 Å². The first-order chi connectivity index (χ1) is 19.8. The van der Waals surface area contributed by atoms with Gasteiger partial charge in [0.05, 0.1) is 45.9 Å². The van der Waals surface area contributed by atoms with Crippen LogP contribution in [0.1, 0.15) is 11.1 Å². The van der Waals surface area contributed by atoms with Gasteiger partial charge in [-0.1, -0.05) is 97.1 Å². The molecule has 0 radical (unpaired) electrons. The van der Waals surface area contributed by atoms with Crippen LogP contribution in [0.4, 0.5) is 11.4 Å². The van der Waals surface area contributed by atoms with Crippen molar-refractivity contribution in [1.82, 2.24) is 9.97 Å². The molecular weight excluding hydrogens is 492 g/mol. The molecule has 5 aromatic carbocycles. The van der Waals surface area contributed by atoms with Crippen LogP contribution in [0.2, 0.25) is 0 Å². The maximum absolute atomic E-state index is 4.78. The van der Waals surface area contributed by atoms with E-state index >= 15 is 0 Å². The summed E-state index contributed by atoms with van der Waals surface area (Å²) in [5.41, 5.74) is 14.1. The number of benzene rings is 5. The van der Waals surface area contributed by atoms with Crippen LogP contribution in [-0.4, -0.2) is 22.4 Å². The van der Waals surface area contributed by atoms with Crippen LogP contribution < -0.4 is 10.9 Å². The fraction of sp³-hybridized carbons (Fsp3) is 0. The van der Waals surface area contributed by atoms with Gasteiger partial charge in [-0.05, 0) is 35.4 Å². The normalized spacial score (nSPS) is 11.8. The predicted molar refractivity (Wildman–Crippen MR) is 167 cm³/mol. The fourth-order valence-electron chi connectivity index (χ4n) is 4.93. The van der Waals surface area contributed by atoms with Crippen LogP contribution in [0.3, 0.4) is 0 Å². The number of nitrogens with zero attached hydrogens (tertiary/aromatic N) is 4. The highest BCUT2D eigenvalue weighted by molar-refractivity contribution is 6.08. The van der Waals surface area contributed by atoms with Crippen LogP contribution >= 0.6 is 0 Å². The molecule has 0 aliphatic heterocycles. The van der Waals surface area contributed by atoms with Crippen molar-refractivity contribution < 1.29 is 0 Å². The number of hydrogen-bond donors (Lipinski definition) is 2. The van der Waals surface area contributed by atoms with E-state index in [2.05, 4.69) is 45.3 Å². The van der Waals surface area contributed by atoms with Crippen LogP contribution in [-0.2, 0) is 0 Å². The Morgan fingerprint density at radius 3 is 1.02 bits per heavy atom. The Morgan fingerprint density at radius 1 is 0.400 bits per heavy atom. The predicted octanol–water partition coefficient (Wildman–Crippen LogP) is 7.98. The molecular formula is C34H24N6. The van der Waals surface area contributed by atoms with Crippen LogP contribution in [0, 0.1) is 0 Å². The van der Waals surface area contributed by atoms with E-state index in [0.717, 1.165) is 66.1 Å². The molecule has 0 atom stereocenters. The summed E-state index contributed by atoms with van der Waals surface area (Å²) in [5, 5.41) is 13.2. The third-order valence-corrected chi connectivity index (χ3v) is 6.89. The lowest BCUT2D eigenvalue weighted by molar-refractivity contribution is 1.36. The van der Waals surface area contributed by atoms with Crippen molar-refractivity contribution in [1.29, 1.82) is 0 Å². The molecule has 0 unspecified atom stereocenters. The molecule has 0 bridgehead atoms. The first kappa shape index (κ1) is 23.5. The third-order valence-electron chi connectivity index (χ3n) is 6.89. The van der Waals surface area contributed by atoms with Gasteiger partial charge in [0.2, 0.25) is 0 Å².